The first-order valence-corrected chi connectivity index (χ1v) is 4.90. The number of hydrogen-bond donors (Lipinski definition) is 1. The second-order valence-corrected chi connectivity index (χ2v) is 3.38. The Morgan fingerprint density at radius 2 is 2.40 bits per heavy atom. The van der Waals surface area contributed by atoms with Crippen LogP contribution in [0.5, 0.6) is 0 Å². The number of alkyl halides is 1. The fourth-order valence-electron chi connectivity index (χ4n) is 0.509. The van der Waals surface area contributed by atoms with Crippen LogP contribution in [0, 0.1) is 0 Å². The van der Waals surface area contributed by atoms with Crippen LogP contribution in [0.15, 0.2) is 0 Å². The summed E-state index contributed by atoms with van der Waals surface area (Å²) in [6.45, 7) is 0. The average molecular weight is 182 g/mol. The fraction of sp³-hybridized carbons (Fsp3) is 0.833. The average Bonchev–Trinajstić information content (AvgIpc) is 1.98. The lowest BCUT2D eigenvalue weighted by Crippen LogP contribution is -2.28. The van der Waals surface area contributed by atoms with Crippen molar-refractivity contribution < 1.29 is 4.79 Å². The Morgan fingerprint density at radius 1 is 1.80 bits per heavy atom. The van der Waals surface area contributed by atoms with Gasteiger partial charge in [-0.25, -0.2) is 0 Å². The Labute approximate surface area is 70.7 Å². The van der Waals surface area contributed by atoms with Gasteiger partial charge in [-0.1, -0.05) is 0 Å². The fourth-order valence-corrected chi connectivity index (χ4v) is 1.33. The number of carbonyl (C=O) groups excluding carboxylic acids is 1. The van der Waals surface area contributed by atoms with Gasteiger partial charge in [0.25, 0.3) is 0 Å². The topological polar surface area (TPSA) is 29.1 Å². The molecular weight excluding hydrogens is 170 g/mol. The lowest BCUT2D eigenvalue weighted by molar-refractivity contribution is -0.120. The van der Waals surface area contributed by atoms with Gasteiger partial charge in [-0.2, -0.15) is 11.8 Å². The Bertz CT molecular complexity index is 110. The molecule has 0 aliphatic rings. The quantitative estimate of drug-likeness (QED) is 0.659. The molecule has 0 aromatic rings. The molecule has 1 unspecified atom stereocenters. The summed E-state index contributed by atoms with van der Waals surface area (Å²) in [7, 11) is 1.59. The van der Waals surface area contributed by atoms with Gasteiger partial charge in [0.05, 0.1) is 0 Å². The van der Waals surface area contributed by atoms with Crippen molar-refractivity contribution in [1.82, 2.24) is 5.32 Å². The number of nitrogens with one attached hydrogen (secondary N) is 1. The van der Waals surface area contributed by atoms with Crippen LogP contribution in [0.3, 0.4) is 0 Å². The van der Waals surface area contributed by atoms with Crippen molar-refractivity contribution in [3.8, 4) is 0 Å². The Morgan fingerprint density at radius 3 is 2.80 bits per heavy atom. The van der Waals surface area contributed by atoms with Gasteiger partial charge >= 0.3 is 0 Å². The maximum absolute atomic E-state index is 10.8. The van der Waals surface area contributed by atoms with E-state index in [9.17, 15) is 4.79 Å². The Balaban J connectivity index is 3.41. The number of halogens is 1. The van der Waals surface area contributed by atoms with Crippen molar-refractivity contribution >= 4 is 29.3 Å². The molecule has 1 N–H and O–H groups in total. The van der Waals surface area contributed by atoms with Crippen molar-refractivity contribution in [3.05, 3.63) is 0 Å². The third-order valence-electron chi connectivity index (χ3n) is 1.11. The molecule has 60 valence electrons. The Kier molecular flexibility index (Phi) is 5.93. The lowest BCUT2D eigenvalue weighted by Gasteiger charge is -2.05. The van der Waals surface area contributed by atoms with E-state index in [1.165, 1.54) is 0 Å². The number of thioether (sulfide) groups is 1. The van der Waals surface area contributed by atoms with Gasteiger partial charge in [-0.3, -0.25) is 4.79 Å². The molecule has 1 amide bonds. The van der Waals surface area contributed by atoms with Crippen molar-refractivity contribution in [2.75, 3.05) is 19.1 Å². The van der Waals surface area contributed by atoms with E-state index in [1.807, 2.05) is 6.26 Å². The number of amides is 1. The number of hydrogen-bond acceptors (Lipinski definition) is 2. The summed E-state index contributed by atoms with van der Waals surface area (Å²) in [5, 5.41) is 2.13. The minimum absolute atomic E-state index is 0.0873. The zero-order valence-electron chi connectivity index (χ0n) is 6.19. The van der Waals surface area contributed by atoms with Crippen molar-refractivity contribution in [3.63, 3.8) is 0 Å². The summed E-state index contributed by atoms with van der Waals surface area (Å²) >= 11 is 7.38. The van der Waals surface area contributed by atoms with E-state index >= 15 is 0 Å². The van der Waals surface area contributed by atoms with Crippen LogP contribution < -0.4 is 5.32 Å². The Hall–Kier alpha value is 0.110. The van der Waals surface area contributed by atoms with Crippen LogP contribution in [0.1, 0.15) is 6.42 Å². The van der Waals surface area contributed by atoms with Crippen LogP contribution in [-0.2, 0) is 4.79 Å². The molecule has 0 radical (unpaired) electrons. The van der Waals surface area contributed by atoms with Crippen molar-refractivity contribution in [2.24, 2.45) is 0 Å². The van der Waals surface area contributed by atoms with E-state index in [0.717, 1.165) is 12.2 Å². The maximum Gasteiger partial charge on any atom is 0.237 e. The SMILES string of the molecule is CNC(=O)C(Cl)CCSC. The van der Waals surface area contributed by atoms with Crippen LogP contribution >= 0.6 is 23.4 Å². The number of carbonyl (C=O) groups is 1. The van der Waals surface area contributed by atoms with Crippen LogP contribution in [0.4, 0.5) is 0 Å². The predicted octanol–water partition coefficient (Wildman–Crippen LogP) is 1.09. The summed E-state index contributed by atoms with van der Waals surface area (Å²) < 4.78 is 0. The van der Waals surface area contributed by atoms with Gasteiger partial charge in [0.1, 0.15) is 5.38 Å². The second-order valence-electron chi connectivity index (χ2n) is 1.86. The third kappa shape index (κ3) is 4.01. The van der Waals surface area contributed by atoms with Gasteiger partial charge in [0.2, 0.25) is 5.91 Å². The standard InChI is InChI=1S/C6H12ClNOS/c1-8-6(9)5(7)3-4-10-2/h5H,3-4H2,1-2H3,(H,8,9). The molecule has 0 spiro atoms. The van der Waals surface area contributed by atoms with Crippen molar-refractivity contribution in [1.29, 1.82) is 0 Å². The minimum Gasteiger partial charge on any atom is -0.358 e. The monoisotopic (exact) mass is 181 g/mol. The first kappa shape index (κ1) is 10.1. The summed E-state index contributed by atoms with van der Waals surface area (Å²) in [5.41, 5.74) is 0. The van der Waals surface area contributed by atoms with Gasteiger partial charge in [-0.15, -0.1) is 11.6 Å². The molecule has 0 saturated carbocycles. The highest BCUT2D eigenvalue weighted by Gasteiger charge is 2.11. The molecule has 4 heteroatoms. The van der Waals surface area contributed by atoms with E-state index < -0.39 is 0 Å². The molecule has 0 aromatic heterocycles. The predicted molar refractivity (Wildman–Crippen MR) is 46.7 cm³/mol. The van der Waals surface area contributed by atoms with Crippen LogP contribution in [0.2, 0.25) is 0 Å². The molecule has 0 rings (SSSR count). The second kappa shape index (κ2) is 5.86. The summed E-state index contributed by atoms with van der Waals surface area (Å²) in [6, 6.07) is 0. The molecule has 0 saturated heterocycles. The van der Waals surface area contributed by atoms with Gasteiger partial charge in [0, 0.05) is 7.05 Å². The maximum atomic E-state index is 10.8. The van der Waals surface area contributed by atoms with E-state index in [1.54, 1.807) is 18.8 Å². The highest BCUT2D eigenvalue weighted by atomic mass is 35.5. The van der Waals surface area contributed by atoms with E-state index in [-0.39, 0.29) is 11.3 Å². The van der Waals surface area contributed by atoms with E-state index in [2.05, 4.69) is 5.32 Å². The molecule has 0 fully saturated rings. The van der Waals surface area contributed by atoms with Crippen LogP contribution in [-0.4, -0.2) is 30.3 Å². The number of rotatable bonds is 4. The highest BCUT2D eigenvalue weighted by molar-refractivity contribution is 7.98. The summed E-state index contributed by atoms with van der Waals surface area (Å²) in [5.74, 6) is 0.845. The molecule has 2 nitrogen and oxygen atoms in total. The molecule has 0 aliphatic heterocycles. The molecule has 0 aliphatic carbocycles. The smallest absolute Gasteiger partial charge is 0.237 e. The van der Waals surface area contributed by atoms with E-state index in [0.29, 0.717) is 0 Å². The molecular formula is C6H12ClNOS. The minimum atomic E-state index is -0.363. The van der Waals surface area contributed by atoms with Gasteiger partial charge in [-0.05, 0) is 18.4 Å². The molecule has 1 atom stereocenters. The van der Waals surface area contributed by atoms with Gasteiger partial charge < -0.3 is 5.32 Å². The highest BCUT2D eigenvalue weighted by Crippen LogP contribution is 2.06. The first-order chi connectivity index (χ1) is 4.72. The summed E-state index contributed by atoms with van der Waals surface area (Å²) in [4.78, 5) is 10.8. The molecule has 0 heterocycles. The largest absolute Gasteiger partial charge is 0.358 e. The zero-order valence-corrected chi connectivity index (χ0v) is 7.76. The van der Waals surface area contributed by atoms with E-state index in [4.69, 9.17) is 11.6 Å². The first-order valence-electron chi connectivity index (χ1n) is 3.07. The van der Waals surface area contributed by atoms with Gasteiger partial charge in [0.15, 0.2) is 0 Å². The molecule has 0 aromatic carbocycles. The summed E-state index contributed by atoms with van der Waals surface area (Å²) in [6.07, 6.45) is 2.73. The third-order valence-corrected chi connectivity index (χ3v) is 2.17. The molecule has 10 heavy (non-hydrogen) atoms. The van der Waals surface area contributed by atoms with Crippen LogP contribution in [0.25, 0.3) is 0 Å². The van der Waals surface area contributed by atoms with Crippen molar-refractivity contribution in [2.45, 2.75) is 11.8 Å². The normalized spacial score (nSPS) is 12.7. The molecule has 0 bridgehead atoms. The zero-order chi connectivity index (χ0) is 7.98. The lowest BCUT2D eigenvalue weighted by atomic mass is 10.3.